The van der Waals surface area contributed by atoms with E-state index in [0.717, 1.165) is 31.1 Å². The molecule has 0 aliphatic carbocycles. The summed E-state index contributed by atoms with van der Waals surface area (Å²) in [4.78, 5) is 0. The molecule has 0 bridgehead atoms. The molecule has 0 saturated heterocycles. The predicted molar refractivity (Wildman–Crippen MR) is 83.6 cm³/mol. The van der Waals surface area contributed by atoms with Crippen LogP contribution in [0.3, 0.4) is 0 Å². The van der Waals surface area contributed by atoms with Gasteiger partial charge in [0.05, 0.1) is 14.2 Å². The molecule has 20 heavy (non-hydrogen) atoms. The summed E-state index contributed by atoms with van der Waals surface area (Å²) in [5.74, 6) is 2.23. The number of hydrogen-bond donors (Lipinski definition) is 2. The fourth-order valence-electron chi connectivity index (χ4n) is 1.94. The van der Waals surface area contributed by atoms with Crippen molar-refractivity contribution in [1.29, 1.82) is 0 Å². The van der Waals surface area contributed by atoms with Gasteiger partial charge in [0.15, 0.2) is 11.5 Å². The van der Waals surface area contributed by atoms with Gasteiger partial charge in [-0.1, -0.05) is 19.9 Å². The molecular formula is C16H28N2O2. The minimum atomic E-state index is 0.432. The summed E-state index contributed by atoms with van der Waals surface area (Å²) in [7, 11) is 3.31. The highest BCUT2D eigenvalue weighted by Crippen LogP contribution is 2.27. The molecule has 4 nitrogen and oxygen atoms in total. The van der Waals surface area contributed by atoms with E-state index in [2.05, 4.69) is 37.5 Å². The van der Waals surface area contributed by atoms with E-state index in [1.807, 2.05) is 12.1 Å². The highest BCUT2D eigenvalue weighted by Gasteiger charge is 2.06. The first-order valence-corrected chi connectivity index (χ1v) is 7.21. The first kappa shape index (κ1) is 16.8. The summed E-state index contributed by atoms with van der Waals surface area (Å²) >= 11 is 0. The quantitative estimate of drug-likeness (QED) is 0.729. The summed E-state index contributed by atoms with van der Waals surface area (Å²) < 4.78 is 10.5. The average Bonchev–Trinajstić information content (AvgIpc) is 2.44. The van der Waals surface area contributed by atoms with Crippen molar-refractivity contribution in [2.45, 2.75) is 33.4 Å². The lowest BCUT2D eigenvalue weighted by atomic mass is 10.2. The zero-order valence-corrected chi connectivity index (χ0v) is 13.3. The van der Waals surface area contributed by atoms with Crippen LogP contribution >= 0.6 is 0 Å². The maximum Gasteiger partial charge on any atom is 0.161 e. The molecule has 1 rings (SSSR count). The molecular weight excluding hydrogens is 252 g/mol. The van der Waals surface area contributed by atoms with Gasteiger partial charge in [0.1, 0.15) is 0 Å². The Kier molecular flexibility index (Phi) is 7.41. The average molecular weight is 280 g/mol. The number of hydrogen-bond acceptors (Lipinski definition) is 4. The van der Waals surface area contributed by atoms with Crippen LogP contribution in [0, 0.1) is 5.92 Å². The van der Waals surface area contributed by atoms with Crippen molar-refractivity contribution in [2.75, 3.05) is 27.3 Å². The second-order valence-electron chi connectivity index (χ2n) is 5.52. The molecule has 114 valence electrons. The monoisotopic (exact) mass is 280 g/mol. The molecule has 4 heteroatoms. The molecule has 1 unspecified atom stereocenters. The highest BCUT2D eigenvalue weighted by molar-refractivity contribution is 5.42. The summed E-state index contributed by atoms with van der Waals surface area (Å²) in [6.07, 6.45) is 0. The number of benzene rings is 1. The Bertz CT molecular complexity index is 394. The first-order chi connectivity index (χ1) is 9.56. The van der Waals surface area contributed by atoms with Gasteiger partial charge in [-0.15, -0.1) is 0 Å². The SMILES string of the molecule is COc1ccc(CNC(C)CNCC(C)C)cc1OC. The molecule has 0 radical (unpaired) electrons. The lowest BCUT2D eigenvalue weighted by molar-refractivity contribution is 0.354. The van der Waals surface area contributed by atoms with E-state index < -0.39 is 0 Å². The zero-order valence-electron chi connectivity index (χ0n) is 13.3. The smallest absolute Gasteiger partial charge is 0.161 e. The zero-order chi connectivity index (χ0) is 15.0. The van der Waals surface area contributed by atoms with E-state index in [-0.39, 0.29) is 0 Å². The lowest BCUT2D eigenvalue weighted by Crippen LogP contribution is -2.37. The van der Waals surface area contributed by atoms with Crippen molar-refractivity contribution < 1.29 is 9.47 Å². The van der Waals surface area contributed by atoms with Gasteiger partial charge in [0.25, 0.3) is 0 Å². The van der Waals surface area contributed by atoms with Crippen molar-refractivity contribution in [3.05, 3.63) is 23.8 Å². The van der Waals surface area contributed by atoms with Crippen LogP contribution in [0.1, 0.15) is 26.3 Å². The number of methoxy groups -OCH3 is 2. The Morgan fingerprint density at radius 3 is 2.30 bits per heavy atom. The Labute approximate surface area is 122 Å². The van der Waals surface area contributed by atoms with Crippen molar-refractivity contribution in [3.63, 3.8) is 0 Å². The second kappa shape index (κ2) is 8.82. The van der Waals surface area contributed by atoms with Crippen LogP contribution in [0.15, 0.2) is 18.2 Å². The Hall–Kier alpha value is -1.26. The molecule has 1 aromatic carbocycles. The third kappa shape index (κ3) is 5.80. The highest BCUT2D eigenvalue weighted by atomic mass is 16.5. The molecule has 2 N–H and O–H groups in total. The van der Waals surface area contributed by atoms with Gasteiger partial charge in [0, 0.05) is 19.1 Å². The molecule has 1 aromatic rings. The largest absolute Gasteiger partial charge is 0.493 e. The van der Waals surface area contributed by atoms with E-state index in [1.165, 1.54) is 5.56 Å². The van der Waals surface area contributed by atoms with Gasteiger partial charge in [-0.25, -0.2) is 0 Å². The third-order valence-electron chi connectivity index (χ3n) is 3.11. The molecule has 0 aliphatic heterocycles. The van der Waals surface area contributed by atoms with Crippen LogP contribution in [-0.2, 0) is 6.54 Å². The third-order valence-corrected chi connectivity index (χ3v) is 3.11. The predicted octanol–water partition coefficient (Wildman–Crippen LogP) is 2.43. The van der Waals surface area contributed by atoms with Crippen LogP contribution in [-0.4, -0.2) is 33.4 Å². The normalized spacial score (nSPS) is 12.5. The summed E-state index contributed by atoms with van der Waals surface area (Å²) in [6.45, 7) is 9.48. The fourth-order valence-corrected chi connectivity index (χ4v) is 1.94. The van der Waals surface area contributed by atoms with E-state index in [4.69, 9.17) is 9.47 Å². The lowest BCUT2D eigenvalue weighted by Gasteiger charge is -2.16. The molecule has 0 heterocycles. The maximum absolute atomic E-state index is 5.31. The van der Waals surface area contributed by atoms with Crippen molar-refractivity contribution in [3.8, 4) is 11.5 Å². The molecule has 0 aromatic heterocycles. The van der Waals surface area contributed by atoms with Gasteiger partial charge in [0.2, 0.25) is 0 Å². The number of rotatable bonds is 9. The van der Waals surface area contributed by atoms with Gasteiger partial charge < -0.3 is 20.1 Å². The van der Waals surface area contributed by atoms with Crippen LogP contribution in [0.25, 0.3) is 0 Å². The van der Waals surface area contributed by atoms with E-state index >= 15 is 0 Å². The molecule has 1 atom stereocenters. The fraction of sp³-hybridized carbons (Fsp3) is 0.625. The van der Waals surface area contributed by atoms with Crippen LogP contribution in [0.5, 0.6) is 11.5 Å². The Morgan fingerprint density at radius 1 is 1.00 bits per heavy atom. The van der Waals surface area contributed by atoms with Crippen molar-refractivity contribution >= 4 is 0 Å². The second-order valence-corrected chi connectivity index (χ2v) is 5.52. The topological polar surface area (TPSA) is 42.5 Å². The van der Waals surface area contributed by atoms with Crippen molar-refractivity contribution in [1.82, 2.24) is 10.6 Å². The van der Waals surface area contributed by atoms with E-state index in [0.29, 0.717) is 12.0 Å². The summed E-state index contributed by atoms with van der Waals surface area (Å²) in [6, 6.07) is 6.45. The number of nitrogens with one attached hydrogen (secondary N) is 2. The number of ether oxygens (including phenoxy) is 2. The van der Waals surface area contributed by atoms with Crippen LogP contribution in [0.2, 0.25) is 0 Å². The van der Waals surface area contributed by atoms with Crippen LogP contribution in [0.4, 0.5) is 0 Å². The molecule has 0 saturated carbocycles. The summed E-state index contributed by atoms with van der Waals surface area (Å²) in [5.41, 5.74) is 1.19. The minimum Gasteiger partial charge on any atom is -0.493 e. The van der Waals surface area contributed by atoms with Gasteiger partial charge in [-0.2, -0.15) is 0 Å². The van der Waals surface area contributed by atoms with Crippen LogP contribution < -0.4 is 20.1 Å². The van der Waals surface area contributed by atoms with Gasteiger partial charge >= 0.3 is 0 Å². The molecule has 0 aliphatic rings. The Morgan fingerprint density at radius 2 is 1.70 bits per heavy atom. The molecule has 0 spiro atoms. The van der Waals surface area contributed by atoms with E-state index in [9.17, 15) is 0 Å². The summed E-state index contributed by atoms with van der Waals surface area (Å²) in [5, 5.41) is 6.96. The first-order valence-electron chi connectivity index (χ1n) is 7.21. The minimum absolute atomic E-state index is 0.432. The Balaban J connectivity index is 2.41. The standard InChI is InChI=1S/C16H28N2O2/c1-12(2)9-17-10-13(3)18-11-14-6-7-15(19-4)16(8-14)20-5/h6-8,12-13,17-18H,9-11H2,1-5H3. The molecule has 0 fully saturated rings. The molecule has 0 amide bonds. The van der Waals surface area contributed by atoms with Gasteiger partial charge in [-0.3, -0.25) is 0 Å². The van der Waals surface area contributed by atoms with Gasteiger partial charge in [-0.05, 0) is 37.1 Å². The van der Waals surface area contributed by atoms with E-state index in [1.54, 1.807) is 14.2 Å². The van der Waals surface area contributed by atoms with Crippen molar-refractivity contribution in [2.24, 2.45) is 5.92 Å². The maximum atomic E-state index is 5.31.